The van der Waals surface area contributed by atoms with Crippen LogP contribution in [0.15, 0.2) is 0 Å². The maximum atomic E-state index is 12.0. The van der Waals surface area contributed by atoms with E-state index in [1.807, 2.05) is 7.05 Å². The van der Waals surface area contributed by atoms with E-state index >= 15 is 0 Å². The Labute approximate surface area is 85.8 Å². The third-order valence-corrected chi connectivity index (χ3v) is 3.61. The van der Waals surface area contributed by atoms with Crippen molar-refractivity contribution in [3.05, 3.63) is 0 Å². The summed E-state index contributed by atoms with van der Waals surface area (Å²) in [6, 6.07) is 0.528. The zero-order chi connectivity index (χ0) is 9.97. The SMILES string of the molecule is CN[C@H]1CCN(C(=O)C2CCCC2)C1. The highest BCUT2D eigenvalue weighted by Crippen LogP contribution is 2.27. The van der Waals surface area contributed by atoms with E-state index in [0.29, 0.717) is 17.9 Å². The molecule has 1 saturated carbocycles. The average Bonchev–Trinajstić information content (AvgIpc) is 2.88. The van der Waals surface area contributed by atoms with Crippen molar-refractivity contribution in [3.63, 3.8) is 0 Å². The number of carbonyl (C=O) groups is 1. The number of likely N-dealkylation sites (N-methyl/N-ethyl adjacent to an activating group) is 1. The summed E-state index contributed by atoms with van der Waals surface area (Å²) in [7, 11) is 1.98. The summed E-state index contributed by atoms with van der Waals surface area (Å²) >= 11 is 0. The second kappa shape index (κ2) is 4.30. The van der Waals surface area contributed by atoms with E-state index in [2.05, 4.69) is 10.2 Å². The lowest BCUT2D eigenvalue weighted by molar-refractivity contribution is -0.134. The van der Waals surface area contributed by atoms with Gasteiger partial charge in [0.15, 0.2) is 0 Å². The zero-order valence-electron chi connectivity index (χ0n) is 8.96. The lowest BCUT2D eigenvalue weighted by Gasteiger charge is -2.20. The lowest BCUT2D eigenvalue weighted by Crippen LogP contribution is -2.36. The van der Waals surface area contributed by atoms with Gasteiger partial charge in [0, 0.05) is 25.0 Å². The third-order valence-electron chi connectivity index (χ3n) is 3.61. The van der Waals surface area contributed by atoms with E-state index in [1.165, 1.54) is 12.8 Å². The van der Waals surface area contributed by atoms with Crippen LogP contribution in [0.2, 0.25) is 0 Å². The van der Waals surface area contributed by atoms with Gasteiger partial charge in [-0.15, -0.1) is 0 Å². The molecule has 1 N–H and O–H groups in total. The Hall–Kier alpha value is -0.570. The maximum absolute atomic E-state index is 12.0. The minimum absolute atomic E-state index is 0.352. The first-order chi connectivity index (χ1) is 6.81. The highest BCUT2D eigenvalue weighted by Gasteiger charge is 2.31. The first-order valence-corrected chi connectivity index (χ1v) is 5.77. The Kier molecular flexibility index (Phi) is 3.06. The van der Waals surface area contributed by atoms with Gasteiger partial charge in [-0.3, -0.25) is 4.79 Å². The predicted molar refractivity (Wildman–Crippen MR) is 56.0 cm³/mol. The van der Waals surface area contributed by atoms with Gasteiger partial charge in [-0.2, -0.15) is 0 Å². The number of nitrogens with zero attached hydrogens (tertiary/aromatic N) is 1. The Morgan fingerprint density at radius 3 is 2.57 bits per heavy atom. The number of nitrogens with one attached hydrogen (secondary N) is 1. The molecule has 1 aliphatic carbocycles. The fourth-order valence-corrected chi connectivity index (χ4v) is 2.63. The van der Waals surface area contributed by atoms with Gasteiger partial charge < -0.3 is 10.2 Å². The number of amides is 1. The average molecular weight is 196 g/mol. The Morgan fingerprint density at radius 2 is 2.00 bits per heavy atom. The first kappa shape index (κ1) is 9.97. The summed E-state index contributed by atoms with van der Waals surface area (Å²) in [5.74, 6) is 0.769. The number of hydrogen-bond acceptors (Lipinski definition) is 2. The van der Waals surface area contributed by atoms with Crippen LogP contribution in [0.4, 0.5) is 0 Å². The third kappa shape index (κ3) is 1.92. The van der Waals surface area contributed by atoms with Crippen molar-refractivity contribution in [2.24, 2.45) is 5.92 Å². The van der Waals surface area contributed by atoms with Crippen LogP contribution in [-0.2, 0) is 4.79 Å². The molecule has 0 aromatic carbocycles. The second-order valence-corrected chi connectivity index (χ2v) is 4.54. The van der Waals surface area contributed by atoms with Crippen LogP contribution < -0.4 is 5.32 Å². The smallest absolute Gasteiger partial charge is 0.225 e. The molecule has 80 valence electrons. The van der Waals surface area contributed by atoms with Crippen molar-refractivity contribution < 1.29 is 4.79 Å². The van der Waals surface area contributed by atoms with E-state index in [-0.39, 0.29) is 0 Å². The summed E-state index contributed by atoms with van der Waals surface area (Å²) in [4.78, 5) is 14.1. The molecule has 0 spiro atoms. The monoisotopic (exact) mass is 196 g/mol. The maximum Gasteiger partial charge on any atom is 0.225 e. The molecule has 0 aromatic rings. The standard InChI is InChI=1S/C11H20N2O/c1-12-10-6-7-13(8-10)11(14)9-4-2-3-5-9/h9-10,12H,2-8H2,1H3/t10-/m0/s1. The van der Waals surface area contributed by atoms with Gasteiger partial charge in [0.2, 0.25) is 5.91 Å². The summed E-state index contributed by atoms with van der Waals surface area (Å²) in [5, 5.41) is 3.25. The van der Waals surface area contributed by atoms with Crippen LogP contribution in [0, 0.1) is 5.92 Å². The van der Waals surface area contributed by atoms with Gasteiger partial charge in [-0.05, 0) is 26.3 Å². The molecule has 3 heteroatoms. The number of rotatable bonds is 2. The van der Waals surface area contributed by atoms with Crippen molar-refractivity contribution >= 4 is 5.91 Å². The van der Waals surface area contributed by atoms with Gasteiger partial charge in [0.1, 0.15) is 0 Å². The topological polar surface area (TPSA) is 32.3 Å². The molecular formula is C11H20N2O. The molecule has 3 nitrogen and oxygen atoms in total. The molecule has 1 atom stereocenters. The van der Waals surface area contributed by atoms with E-state index in [1.54, 1.807) is 0 Å². The van der Waals surface area contributed by atoms with Gasteiger partial charge in [-0.25, -0.2) is 0 Å². The highest BCUT2D eigenvalue weighted by atomic mass is 16.2. The molecule has 1 amide bonds. The van der Waals surface area contributed by atoms with E-state index < -0.39 is 0 Å². The van der Waals surface area contributed by atoms with E-state index in [0.717, 1.165) is 32.4 Å². The van der Waals surface area contributed by atoms with Crippen LogP contribution in [0.5, 0.6) is 0 Å². The van der Waals surface area contributed by atoms with Gasteiger partial charge in [-0.1, -0.05) is 12.8 Å². The molecule has 1 aliphatic heterocycles. The zero-order valence-corrected chi connectivity index (χ0v) is 8.96. The fourth-order valence-electron chi connectivity index (χ4n) is 2.63. The molecule has 1 heterocycles. The van der Waals surface area contributed by atoms with Crippen molar-refractivity contribution in [2.45, 2.75) is 38.1 Å². The Bertz CT molecular complexity index is 211. The highest BCUT2D eigenvalue weighted by molar-refractivity contribution is 5.79. The summed E-state index contributed by atoms with van der Waals surface area (Å²) in [5.41, 5.74) is 0. The van der Waals surface area contributed by atoms with Crippen molar-refractivity contribution in [2.75, 3.05) is 20.1 Å². The van der Waals surface area contributed by atoms with Crippen molar-refractivity contribution in [3.8, 4) is 0 Å². The van der Waals surface area contributed by atoms with Crippen LogP contribution in [0.3, 0.4) is 0 Å². The van der Waals surface area contributed by atoms with Gasteiger partial charge in [0.05, 0.1) is 0 Å². The minimum Gasteiger partial charge on any atom is -0.341 e. The largest absolute Gasteiger partial charge is 0.341 e. The van der Waals surface area contributed by atoms with E-state index in [4.69, 9.17) is 0 Å². The number of hydrogen-bond donors (Lipinski definition) is 1. The lowest BCUT2D eigenvalue weighted by atomic mass is 10.1. The quantitative estimate of drug-likeness (QED) is 0.714. The van der Waals surface area contributed by atoms with Gasteiger partial charge >= 0.3 is 0 Å². The number of carbonyl (C=O) groups excluding carboxylic acids is 1. The Balaban J connectivity index is 1.86. The molecule has 0 bridgehead atoms. The normalized spacial score (nSPS) is 28.6. The second-order valence-electron chi connectivity index (χ2n) is 4.54. The van der Waals surface area contributed by atoms with Crippen LogP contribution in [-0.4, -0.2) is 37.0 Å². The summed E-state index contributed by atoms with van der Waals surface area (Å²) in [6.07, 6.45) is 5.87. The number of likely N-dealkylation sites (tertiary alicyclic amines) is 1. The van der Waals surface area contributed by atoms with Crippen molar-refractivity contribution in [1.29, 1.82) is 0 Å². The van der Waals surface area contributed by atoms with Crippen LogP contribution in [0.1, 0.15) is 32.1 Å². The van der Waals surface area contributed by atoms with Gasteiger partial charge in [0.25, 0.3) is 0 Å². The summed E-state index contributed by atoms with van der Waals surface area (Å²) in [6.45, 7) is 1.88. The molecule has 2 fully saturated rings. The molecule has 2 rings (SSSR count). The molecule has 0 unspecified atom stereocenters. The molecule has 1 saturated heterocycles. The van der Waals surface area contributed by atoms with Crippen molar-refractivity contribution in [1.82, 2.24) is 10.2 Å². The summed E-state index contributed by atoms with van der Waals surface area (Å²) < 4.78 is 0. The van der Waals surface area contributed by atoms with E-state index in [9.17, 15) is 4.79 Å². The molecule has 0 aromatic heterocycles. The molecule has 14 heavy (non-hydrogen) atoms. The molecule has 0 radical (unpaired) electrons. The fraction of sp³-hybridized carbons (Fsp3) is 0.909. The van der Waals surface area contributed by atoms with Crippen LogP contribution in [0.25, 0.3) is 0 Å². The predicted octanol–water partition coefficient (Wildman–Crippen LogP) is 0.997. The first-order valence-electron chi connectivity index (χ1n) is 5.77. The molecule has 2 aliphatic rings. The Morgan fingerprint density at radius 1 is 1.29 bits per heavy atom. The minimum atomic E-state index is 0.352. The molecular weight excluding hydrogens is 176 g/mol. The van der Waals surface area contributed by atoms with Crippen LogP contribution >= 0.6 is 0 Å².